The standard InChI is InChI=1S/C10H18O4/c1-5-6(2)9(14-8(4)11)10(12)13-7(5)3/h5-7,9-10,12H,1-4H3/t5-,6+,7?,9?,10+/m1/s1. The number of rotatable bonds is 1. The molecule has 5 atom stereocenters. The Morgan fingerprint density at radius 2 is 1.86 bits per heavy atom. The molecule has 14 heavy (non-hydrogen) atoms. The van der Waals surface area contributed by atoms with Crippen LogP contribution in [0.2, 0.25) is 0 Å². The second-order valence-electron chi connectivity index (χ2n) is 4.02. The van der Waals surface area contributed by atoms with Gasteiger partial charge in [-0.15, -0.1) is 0 Å². The molecule has 0 aliphatic carbocycles. The summed E-state index contributed by atoms with van der Waals surface area (Å²) in [6.07, 6.45) is -1.55. The number of carbonyl (C=O) groups is 1. The minimum Gasteiger partial charge on any atom is -0.457 e. The fraction of sp³-hybridized carbons (Fsp3) is 0.900. The van der Waals surface area contributed by atoms with E-state index in [2.05, 4.69) is 0 Å². The zero-order valence-electron chi connectivity index (χ0n) is 9.06. The predicted octanol–water partition coefficient (Wildman–Crippen LogP) is 0.927. The Morgan fingerprint density at radius 3 is 2.36 bits per heavy atom. The summed E-state index contributed by atoms with van der Waals surface area (Å²) >= 11 is 0. The van der Waals surface area contributed by atoms with Gasteiger partial charge in [0.25, 0.3) is 0 Å². The number of carbonyl (C=O) groups excluding carboxylic acids is 1. The van der Waals surface area contributed by atoms with Gasteiger partial charge in [0.15, 0.2) is 12.4 Å². The Kier molecular flexibility index (Phi) is 3.50. The largest absolute Gasteiger partial charge is 0.457 e. The van der Waals surface area contributed by atoms with Crippen molar-refractivity contribution < 1.29 is 19.4 Å². The lowest BCUT2D eigenvalue weighted by molar-refractivity contribution is -0.253. The summed E-state index contributed by atoms with van der Waals surface area (Å²) in [5.74, 6) is -0.00773. The molecule has 0 amide bonds. The highest BCUT2D eigenvalue weighted by Crippen LogP contribution is 2.31. The van der Waals surface area contributed by atoms with Crippen LogP contribution in [0, 0.1) is 11.8 Å². The summed E-state index contributed by atoms with van der Waals surface area (Å²) in [4.78, 5) is 10.8. The van der Waals surface area contributed by atoms with Gasteiger partial charge >= 0.3 is 5.97 Å². The van der Waals surface area contributed by atoms with Crippen molar-refractivity contribution in [2.45, 2.75) is 46.2 Å². The molecule has 1 heterocycles. The third kappa shape index (κ3) is 2.25. The number of aliphatic hydroxyl groups excluding tert-OH is 1. The maximum Gasteiger partial charge on any atom is 0.303 e. The smallest absolute Gasteiger partial charge is 0.303 e. The maximum atomic E-state index is 10.8. The normalized spacial score (nSPS) is 43.4. The van der Waals surface area contributed by atoms with Crippen molar-refractivity contribution >= 4 is 5.97 Å². The van der Waals surface area contributed by atoms with Crippen LogP contribution in [0.25, 0.3) is 0 Å². The number of aliphatic hydroxyl groups is 1. The molecule has 0 radical (unpaired) electrons. The van der Waals surface area contributed by atoms with Gasteiger partial charge in [0.1, 0.15) is 0 Å². The molecule has 82 valence electrons. The minimum absolute atomic E-state index is 0.00759. The van der Waals surface area contributed by atoms with E-state index in [1.165, 1.54) is 6.92 Å². The SMILES string of the molecule is CC(=O)OC1[C@@H](C)[C@@H](C)C(C)O[C@@H]1O. The van der Waals surface area contributed by atoms with Crippen LogP contribution in [0.1, 0.15) is 27.7 Å². The summed E-state index contributed by atoms with van der Waals surface area (Å²) < 4.78 is 10.3. The molecule has 4 heteroatoms. The number of hydrogen-bond donors (Lipinski definition) is 1. The van der Waals surface area contributed by atoms with Gasteiger partial charge < -0.3 is 14.6 Å². The molecule has 1 saturated heterocycles. The molecule has 1 N–H and O–H groups in total. The zero-order valence-corrected chi connectivity index (χ0v) is 9.06. The van der Waals surface area contributed by atoms with Crippen LogP contribution in [-0.2, 0) is 14.3 Å². The Bertz CT molecular complexity index is 216. The molecule has 1 rings (SSSR count). The summed E-state index contributed by atoms with van der Waals surface area (Å²) in [5, 5.41) is 9.58. The zero-order chi connectivity index (χ0) is 10.9. The quantitative estimate of drug-likeness (QED) is 0.643. The van der Waals surface area contributed by atoms with Crippen molar-refractivity contribution in [1.82, 2.24) is 0 Å². The first-order valence-electron chi connectivity index (χ1n) is 4.94. The van der Waals surface area contributed by atoms with E-state index in [9.17, 15) is 9.90 Å². The molecule has 4 nitrogen and oxygen atoms in total. The van der Waals surface area contributed by atoms with Crippen molar-refractivity contribution in [1.29, 1.82) is 0 Å². The third-order valence-corrected chi connectivity index (χ3v) is 3.03. The van der Waals surface area contributed by atoms with E-state index in [1.807, 2.05) is 20.8 Å². The van der Waals surface area contributed by atoms with E-state index in [1.54, 1.807) is 0 Å². The van der Waals surface area contributed by atoms with Crippen LogP contribution in [-0.4, -0.2) is 29.6 Å². The van der Waals surface area contributed by atoms with Crippen LogP contribution in [0.5, 0.6) is 0 Å². The van der Waals surface area contributed by atoms with E-state index in [4.69, 9.17) is 9.47 Å². The van der Waals surface area contributed by atoms with E-state index < -0.39 is 12.4 Å². The fourth-order valence-corrected chi connectivity index (χ4v) is 1.76. The molecule has 0 aromatic heterocycles. The van der Waals surface area contributed by atoms with Crippen molar-refractivity contribution in [3.8, 4) is 0 Å². The van der Waals surface area contributed by atoms with Crippen LogP contribution < -0.4 is 0 Å². The lowest BCUT2D eigenvalue weighted by atomic mass is 9.84. The Morgan fingerprint density at radius 1 is 1.29 bits per heavy atom. The minimum atomic E-state index is -1.000. The highest BCUT2D eigenvalue weighted by atomic mass is 16.6. The average molecular weight is 202 g/mol. The highest BCUT2D eigenvalue weighted by molar-refractivity contribution is 5.66. The van der Waals surface area contributed by atoms with Gasteiger partial charge in [-0.1, -0.05) is 13.8 Å². The molecule has 0 spiro atoms. The number of esters is 1. The van der Waals surface area contributed by atoms with Gasteiger partial charge in [-0.05, 0) is 12.8 Å². The first-order valence-corrected chi connectivity index (χ1v) is 4.94. The average Bonchev–Trinajstić information content (AvgIpc) is 2.09. The monoisotopic (exact) mass is 202 g/mol. The Balaban J connectivity index is 2.68. The third-order valence-electron chi connectivity index (χ3n) is 3.03. The van der Waals surface area contributed by atoms with Gasteiger partial charge in [-0.25, -0.2) is 0 Å². The van der Waals surface area contributed by atoms with E-state index in [0.717, 1.165) is 0 Å². The fourth-order valence-electron chi connectivity index (χ4n) is 1.76. The van der Waals surface area contributed by atoms with E-state index >= 15 is 0 Å². The van der Waals surface area contributed by atoms with Gasteiger partial charge in [0.05, 0.1) is 6.10 Å². The summed E-state index contributed by atoms with van der Waals surface area (Å²) in [6, 6.07) is 0. The molecule has 0 bridgehead atoms. The van der Waals surface area contributed by atoms with E-state index in [0.29, 0.717) is 0 Å². The van der Waals surface area contributed by atoms with Gasteiger partial charge in [-0.2, -0.15) is 0 Å². The molecular weight excluding hydrogens is 184 g/mol. The predicted molar refractivity (Wildman–Crippen MR) is 50.4 cm³/mol. The first kappa shape index (κ1) is 11.5. The molecule has 0 aromatic carbocycles. The topological polar surface area (TPSA) is 55.8 Å². The van der Waals surface area contributed by atoms with E-state index in [-0.39, 0.29) is 23.9 Å². The van der Waals surface area contributed by atoms with Crippen molar-refractivity contribution in [3.63, 3.8) is 0 Å². The summed E-state index contributed by atoms with van der Waals surface area (Å²) in [6.45, 7) is 7.23. The lowest BCUT2D eigenvalue weighted by Gasteiger charge is -2.40. The Hall–Kier alpha value is -0.610. The second kappa shape index (κ2) is 4.28. The molecule has 1 aliphatic heterocycles. The number of ether oxygens (including phenoxy) is 2. The number of hydrogen-bond acceptors (Lipinski definition) is 4. The van der Waals surface area contributed by atoms with Crippen molar-refractivity contribution in [2.75, 3.05) is 0 Å². The molecule has 0 aromatic rings. The molecule has 1 fully saturated rings. The van der Waals surface area contributed by atoms with Crippen molar-refractivity contribution in [3.05, 3.63) is 0 Å². The van der Waals surface area contributed by atoms with Gasteiger partial charge in [-0.3, -0.25) is 4.79 Å². The molecular formula is C10H18O4. The van der Waals surface area contributed by atoms with Crippen molar-refractivity contribution in [2.24, 2.45) is 11.8 Å². The first-order chi connectivity index (χ1) is 6.43. The Labute approximate surface area is 84.2 Å². The molecule has 0 saturated carbocycles. The summed E-state index contributed by atoms with van der Waals surface area (Å²) in [5.41, 5.74) is 0. The maximum absolute atomic E-state index is 10.8. The van der Waals surface area contributed by atoms with Crippen LogP contribution in [0.3, 0.4) is 0 Å². The lowest BCUT2D eigenvalue weighted by Crippen LogP contribution is -2.49. The highest BCUT2D eigenvalue weighted by Gasteiger charge is 2.40. The van der Waals surface area contributed by atoms with Crippen LogP contribution >= 0.6 is 0 Å². The van der Waals surface area contributed by atoms with Gasteiger partial charge in [0, 0.05) is 12.8 Å². The summed E-state index contributed by atoms with van der Waals surface area (Å²) in [7, 11) is 0. The molecule has 1 aliphatic rings. The van der Waals surface area contributed by atoms with Gasteiger partial charge in [0.2, 0.25) is 0 Å². The van der Waals surface area contributed by atoms with Crippen LogP contribution in [0.15, 0.2) is 0 Å². The molecule has 2 unspecified atom stereocenters. The second-order valence-corrected chi connectivity index (χ2v) is 4.02. The van der Waals surface area contributed by atoms with Crippen LogP contribution in [0.4, 0.5) is 0 Å².